The fourth-order valence-corrected chi connectivity index (χ4v) is 7.77. The number of anilines is 2. The predicted octanol–water partition coefficient (Wildman–Crippen LogP) is 9.61. The van der Waals surface area contributed by atoms with Gasteiger partial charge in [-0.15, -0.1) is 0 Å². The van der Waals surface area contributed by atoms with Crippen LogP contribution in [0.25, 0.3) is 22.5 Å². The number of hydrogen-bond donors (Lipinski definition) is 3. The summed E-state index contributed by atoms with van der Waals surface area (Å²) in [6, 6.07) is 29.4. The summed E-state index contributed by atoms with van der Waals surface area (Å²) in [6.45, 7) is 3.82. The third kappa shape index (κ3) is 9.27. The molecule has 1 aliphatic rings. The first-order valence-corrected chi connectivity index (χ1v) is 19.9. The van der Waals surface area contributed by atoms with Crippen LogP contribution in [0.4, 0.5) is 11.6 Å². The van der Waals surface area contributed by atoms with Crippen molar-refractivity contribution in [1.82, 2.24) is 25.3 Å². The molecule has 0 saturated heterocycles. The number of hydrogen-bond acceptors (Lipinski definition) is 10. The van der Waals surface area contributed by atoms with Crippen molar-refractivity contribution in [2.75, 3.05) is 38.5 Å². The van der Waals surface area contributed by atoms with E-state index in [9.17, 15) is 4.79 Å². The van der Waals surface area contributed by atoms with Gasteiger partial charge < -0.3 is 30.2 Å². The molecular weight excluding hydrogens is 773 g/mol. The van der Waals surface area contributed by atoms with E-state index < -0.39 is 0 Å². The second-order valence-electron chi connectivity index (χ2n) is 14.1. The molecule has 0 fully saturated rings. The van der Waals surface area contributed by atoms with E-state index >= 15 is 0 Å². The maximum atomic E-state index is 11.8. The Kier molecular flexibility index (Phi) is 12.6. The summed E-state index contributed by atoms with van der Waals surface area (Å²) in [4.78, 5) is 31.4. The maximum Gasteiger partial charge on any atom is 0.257 e. The van der Waals surface area contributed by atoms with Gasteiger partial charge in [0.05, 0.1) is 47.7 Å². The minimum Gasteiger partial charge on any atom is -0.495 e. The number of fused-ring (bicyclic) bond motifs is 1. The minimum atomic E-state index is -0.214. The lowest BCUT2D eigenvalue weighted by molar-refractivity contribution is -0.122. The second-order valence-corrected chi connectivity index (χ2v) is 14.8. The number of methoxy groups -OCH3 is 2. The molecule has 11 nitrogen and oxygen atoms in total. The molecule has 0 radical (unpaired) electrons. The molecule has 13 heteroatoms. The van der Waals surface area contributed by atoms with E-state index in [0.29, 0.717) is 73.7 Å². The van der Waals surface area contributed by atoms with E-state index in [0.717, 1.165) is 36.2 Å². The molecule has 2 aromatic heterocycles. The molecule has 4 aromatic carbocycles. The van der Waals surface area contributed by atoms with Crippen LogP contribution in [0.3, 0.4) is 0 Å². The van der Waals surface area contributed by atoms with Crippen molar-refractivity contribution in [2.45, 2.75) is 51.6 Å². The number of amides is 1. The maximum absolute atomic E-state index is 11.8. The summed E-state index contributed by atoms with van der Waals surface area (Å²) < 4.78 is 17.0. The summed E-state index contributed by atoms with van der Waals surface area (Å²) in [6.07, 6.45) is 3.51. The molecule has 7 rings (SSSR count). The van der Waals surface area contributed by atoms with E-state index in [-0.39, 0.29) is 24.6 Å². The molecule has 6 aromatic rings. The van der Waals surface area contributed by atoms with Crippen LogP contribution in [-0.2, 0) is 17.6 Å². The molecule has 1 amide bonds. The highest BCUT2D eigenvalue weighted by Gasteiger charge is 2.22. The van der Waals surface area contributed by atoms with Gasteiger partial charge in [0.1, 0.15) is 40.5 Å². The molecule has 0 saturated carbocycles. The van der Waals surface area contributed by atoms with E-state index in [2.05, 4.69) is 40.2 Å². The first-order chi connectivity index (χ1) is 28.1. The normalized spacial score (nSPS) is 13.9. The van der Waals surface area contributed by atoms with E-state index in [1.165, 1.54) is 11.1 Å². The van der Waals surface area contributed by atoms with Crippen molar-refractivity contribution in [3.63, 3.8) is 0 Å². The van der Waals surface area contributed by atoms with E-state index in [1.807, 2.05) is 74.5 Å². The van der Waals surface area contributed by atoms with Crippen molar-refractivity contribution in [1.29, 1.82) is 0 Å². The molecule has 2 unspecified atom stereocenters. The summed E-state index contributed by atoms with van der Waals surface area (Å²) in [7, 11) is 4.75. The van der Waals surface area contributed by atoms with Gasteiger partial charge in [0.25, 0.3) is 5.91 Å². The highest BCUT2D eigenvalue weighted by molar-refractivity contribution is 6.35. The fourth-order valence-electron chi connectivity index (χ4n) is 7.19. The Hall–Kier alpha value is -5.91. The van der Waals surface area contributed by atoms with Gasteiger partial charge in [-0.05, 0) is 85.7 Å². The monoisotopic (exact) mass is 817 g/mol. The van der Waals surface area contributed by atoms with E-state index in [4.69, 9.17) is 57.3 Å². The Bertz CT molecular complexity index is 2450. The Morgan fingerprint density at radius 2 is 1.59 bits per heavy atom. The van der Waals surface area contributed by atoms with Crippen LogP contribution in [-0.4, -0.2) is 53.7 Å². The third-order valence-electron chi connectivity index (χ3n) is 10.1. The van der Waals surface area contributed by atoms with Crippen LogP contribution in [0.2, 0.25) is 10.0 Å². The fraction of sp³-hybridized carbons (Fsp3) is 0.267. The zero-order chi connectivity index (χ0) is 40.8. The number of nitrogens with one attached hydrogen (secondary N) is 3. The molecule has 2 heterocycles. The Morgan fingerprint density at radius 3 is 2.40 bits per heavy atom. The molecule has 298 valence electrons. The standard InChI is InChI=1S/C45H45Cl2N7O4/c1-26(30-13-8-14-31(22-30)58-25-43(55)48-3)49-41-23-36(33-16-10-18-38(56-4)44(33)46)53-40(54-41)21-28-19-34(45(47)39(20-28)57-5)37-24-42(51-27(2)50-37)52-35-17-9-12-29-11-6-7-15-32(29)35/h6-8,10-11,13-16,18-20,22-24,26,35H,9,12,17,21,25H2,1-5H3,(H,48,55)(H,49,53,54)(H,50,51,52). The third-order valence-corrected chi connectivity index (χ3v) is 10.9. The lowest BCUT2D eigenvalue weighted by Crippen LogP contribution is -2.24. The van der Waals surface area contributed by atoms with Crippen molar-refractivity contribution in [2.24, 2.45) is 0 Å². The quantitative estimate of drug-likeness (QED) is 0.0977. The molecule has 1 aliphatic carbocycles. The Labute approximate surface area is 348 Å². The average Bonchev–Trinajstić information content (AvgIpc) is 3.23. The highest BCUT2D eigenvalue weighted by atomic mass is 35.5. The molecule has 58 heavy (non-hydrogen) atoms. The number of rotatable bonds is 14. The van der Waals surface area contributed by atoms with Crippen LogP contribution in [0.1, 0.15) is 65.8 Å². The van der Waals surface area contributed by atoms with Gasteiger partial charge >= 0.3 is 0 Å². The minimum absolute atomic E-state index is 0.0801. The summed E-state index contributed by atoms with van der Waals surface area (Å²) in [5.41, 5.74) is 7.13. The van der Waals surface area contributed by atoms with Crippen LogP contribution in [0.5, 0.6) is 17.2 Å². The molecule has 0 bridgehead atoms. The second kappa shape index (κ2) is 18.1. The van der Waals surface area contributed by atoms with Gasteiger partial charge in [-0.2, -0.15) is 0 Å². The van der Waals surface area contributed by atoms with Gasteiger partial charge in [0, 0.05) is 36.7 Å². The SMILES string of the molecule is CNC(=O)COc1cccc(C(C)Nc2cc(-c3cccc(OC)c3Cl)nc(Cc3cc(OC)c(Cl)c(-c4cc(NC5CCCc6ccccc65)nc(C)n4)c3)n2)c1. The number of carbonyl (C=O) groups excluding carboxylic acids is 1. The van der Waals surface area contributed by atoms with E-state index in [1.54, 1.807) is 27.3 Å². The average molecular weight is 819 g/mol. The smallest absolute Gasteiger partial charge is 0.257 e. The predicted molar refractivity (Wildman–Crippen MR) is 229 cm³/mol. The van der Waals surface area contributed by atoms with Gasteiger partial charge in [-0.1, -0.05) is 71.7 Å². The summed E-state index contributed by atoms with van der Waals surface area (Å²) in [5.74, 6) is 3.85. The zero-order valence-corrected chi connectivity index (χ0v) is 34.5. The van der Waals surface area contributed by atoms with Gasteiger partial charge in [0.15, 0.2) is 6.61 Å². The van der Waals surface area contributed by atoms with Crippen molar-refractivity contribution in [3.05, 3.63) is 135 Å². The van der Waals surface area contributed by atoms with Gasteiger partial charge in [-0.25, -0.2) is 19.9 Å². The highest BCUT2D eigenvalue weighted by Crippen LogP contribution is 2.39. The topological polar surface area (TPSA) is 132 Å². The van der Waals surface area contributed by atoms with Crippen molar-refractivity contribution >= 4 is 40.7 Å². The number of benzene rings is 4. The molecule has 2 atom stereocenters. The van der Waals surface area contributed by atoms with Crippen LogP contribution >= 0.6 is 23.2 Å². The van der Waals surface area contributed by atoms with Gasteiger partial charge in [0.2, 0.25) is 0 Å². The largest absolute Gasteiger partial charge is 0.495 e. The molecule has 0 spiro atoms. The molecular formula is C45H45Cl2N7O4. The lowest BCUT2D eigenvalue weighted by Gasteiger charge is -2.27. The lowest BCUT2D eigenvalue weighted by atomic mass is 9.88. The summed E-state index contributed by atoms with van der Waals surface area (Å²) >= 11 is 13.9. The summed E-state index contributed by atoms with van der Waals surface area (Å²) in [5, 5.41) is 10.7. The first-order valence-electron chi connectivity index (χ1n) is 19.1. The molecule has 3 N–H and O–H groups in total. The van der Waals surface area contributed by atoms with Crippen LogP contribution in [0, 0.1) is 6.92 Å². The number of halogens is 2. The number of likely N-dealkylation sites (N-methyl/N-ethyl adjacent to an activating group) is 1. The van der Waals surface area contributed by atoms with Crippen LogP contribution < -0.4 is 30.2 Å². The van der Waals surface area contributed by atoms with Gasteiger partial charge in [-0.3, -0.25) is 4.79 Å². The zero-order valence-electron chi connectivity index (χ0n) is 33.0. The Balaban J connectivity index is 1.22. The first kappa shape index (κ1) is 40.3. The van der Waals surface area contributed by atoms with Crippen molar-refractivity contribution < 1.29 is 19.0 Å². The number of ether oxygens (including phenoxy) is 3. The number of nitrogens with zero attached hydrogens (tertiary/aromatic N) is 4. The Morgan fingerprint density at radius 1 is 0.828 bits per heavy atom. The van der Waals surface area contributed by atoms with Crippen LogP contribution in [0.15, 0.2) is 91.0 Å². The number of aryl methyl sites for hydroxylation is 2. The molecule has 0 aliphatic heterocycles. The number of carbonyl (C=O) groups is 1. The number of aromatic nitrogens is 4. The van der Waals surface area contributed by atoms with Crippen molar-refractivity contribution in [3.8, 4) is 39.8 Å².